The zero-order valence-corrected chi connectivity index (χ0v) is 17.0. The van der Waals surface area contributed by atoms with Crippen molar-refractivity contribution in [1.82, 2.24) is 10.6 Å². The number of nitrogens with one attached hydrogen (secondary N) is 2. The number of carbonyl (C=O) groups excluding carboxylic acids is 3. The molecule has 0 unspecified atom stereocenters. The number of amides is 2. The van der Waals surface area contributed by atoms with E-state index in [0.29, 0.717) is 28.5 Å². The summed E-state index contributed by atoms with van der Waals surface area (Å²) in [5.41, 5.74) is 0.917. The number of benzene rings is 2. The summed E-state index contributed by atoms with van der Waals surface area (Å²) >= 11 is 6.20. The number of ether oxygens (including phenoxy) is 2. The third-order valence-corrected chi connectivity index (χ3v) is 4.40. The van der Waals surface area contributed by atoms with Crippen molar-refractivity contribution in [3.63, 3.8) is 0 Å². The average molecular weight is 419 g/mol. The van der Waals surface area contributed by atoms with Gasteiger partial charge in [0.05, 0.1) is 38.3 Å². The van der Waals surface area contributed by atoms with E-state index in [-0.39, 0.29) is 13.0 Å². The van der Waals surface area contributed by atoms with Crippen LogP contribution in [0.5, 0.6) is 5.75 Å². The van der Waals surface area contributed by atoms with Crippen LogP contribution in [0, 0.1) is 0 Å². The fraction of sp³-hybridized carbons (Fsp3) is 0.286. The van der Waals surface area contributed by atoms with Crippen LogP contribution in [-0.2, 0) is 14.3 Å². The van der Waals surface area contributed by atoms with Crippen molar-refractivity contribution in [3.8, 4) is 5.75 Å². The lowest BCUT2D eigenvalue weighted by Gasteiger charge is -2.19. The summed E-state index contributed by atoms with van der Waals surface area (Å²) in [5.74, 6) is -0.968. The minimum absolute atomic E-state index is 0.0902. The molecule has 0 aliphatic carbocycles. The molecule has 0 aliphatic rings. The largest absolute Gasteiger partial charge is 0.493 e. The van der Waals surface area contributed by atoms with Gasteiger partial charge in [0.1, 0.15) is 5.75 Å². The predicted octanol–water partition coefficient (Wildman–Crippen LogP) is 2.89. The van der Waals surface area contributed by atoms with Gasteiger partial charge in [-0.1, -0.05) is 41.9 Å². The molecular weight excluding hydrogens is 396 g/mol. The summed E-state index contributed by atoms with van der Waals surface area (Å²) in [6, 6.07) is 13.0. The summed E-state index contributed by atoms with van der Waals surface area (Å²) in [4.78, 5) is 36.6. The first kappa shape index (κ1) is 22.2. The Labute approximate surface area is 174 Å². The summed E-state index contributed by atoms with van der Waals surface area (Å²) in [6.07, 6.45) is -0.0902. The molecule has 2 aromatic rings. The number of hydrogen-bond donors (Lipinski definition) is 2. The van der Waals surface area contributed by atoms with Gasteiger partial charge in [0.25, 0.3) is 5.91 Å². The summed E-state index contributed by atoms with van der Waals surface area (Å²) in [6.45, 7) is 1.96. The molecule has 1 atom stereocenters. The maximum absolute atomic E-state index is 12.4. The van der Waals surface area contributed by atoms with E-state index in [9.17, 15) is 14.4 Å². The van der Waals surface area contributed by atoms with Crippen LogP contribution in [0.15, 0.2) is 48.5 Å². The van der Waals surface area contributed by atoms with E-state index >= 15 is 0 Å². The van der Waals surface area contributed by atoms with Gasteiger partial charge < -0.3 is 20.1 Å². The number of rotatable bonds is 9. The number of esters is 1. The van der Waals surface area contributed by atoms with Crippen molar-refractivity contribution in [1.29, 1.82) is 0 Å². The van der Waals surface area contributed by atoms with Crippen LogP contribution in [0.4, 0.5) is 0 Å². The molecule has 29 heavy (non-hydrogen) atoms. The minimum atomic E-state index is -0.684. The fourth-order valence-electron chi connectivity index (χ4n) is 2.68. The highest BCUT2D eigenvalue weighted by Gasteiger charge is 2.21. The van der Waals surface area contributed by atoms with E-state index in [0.717, 1.165) is 0 Å². The quantitative estimate of drug-likeness (QED) is 0.611. The van der Waals surface area contributed by atoms with E-state index in [2.05, 4.69) is 10.6 Å². The Morgan fingerprint density at radius 3 is 2.45 bits per heavy atom. The Kier molecular flexibility index (Phi) is 8.48. The molecule has 2 aromatic carbocycles. The van der Waals surface area contributed by atoms with E-state index in [1.54, 1.807) is 48.5 Å². The number of para-hydroxylation sites is 1. The second kappa shape index (κ2) is 11.1. The lowest BCUT2D eigenvalue weighted by Crippen LogP contribution is -2.39. The van der Waals surface area contributed by atoms with Gasteiger partial charge in [-0.3, -0.25) is 14.4 Å². The number of methoxy groups -OCH3 is 1. The Morgan fingerprint density at radius 1 is 1.07 bits per heavy atom. The van der Waals surface area contributed by atoms with Crippen LogP contribution in [0.1, 0.15) is 35.3 Å². The molecule has 0 saturated heterocycles. The zero-order chi connectivity index (χ0) is 21.2. The number of hydrogen-bond acceptors (Lipinski definition) is 5. The van der Waals surface area contributed by atoms with E-state index in [4.69, 9.17) is 21.1 Å². The highest BCUT2D eigenvalue weighted by molar-refractivity contribution is 6.31. The van der Waals surface area contributed by atoms with Crippen LogP contribution in [0.25, 0.3) is 0 Å². The van der Waals surface area contributed by atoms with Crippen molar-refractivity contribution in [2.24, 2.45) is 0 Å². The smallest absolute Gasteiger partial charge is 0.307 e. The minimum Gasteiger partial charge on any atom is -0.493 e. The summed E-state index contributed by atoms with van der Waals surface area (Å²) < 4.78 is 10.1. The predicted molar refractivity (Wildman–Crippen MR) is 109 cm³/mol. The van der Waals surface area contributed by atoms with Crippen LogP contribution >= 0.6 is 11.6 Å². The first-order valence-electron chi connectivity index (χ1n) is 9.06. The Morgan fingerprint density at radius 2 is 1.76 bits per heavy atom. The second-order valence-corrected chi connectivity index (χ2v) is 6.44. The lowest BCUT2D eigenvalue weighted by molar-refractivity contribution is -0.141. The molecular formula is C21H23ClN2O5. The molecule has 0 saturated carbocycles. The molecule has 0 aliphatic heterocycles. The van der Waals surface area contributed by atoms with E-state index in [1.807, 2.05) is 6.92 Å². The van der Waals surface area contributed by atoms with Gasteiger partial charge in [0, 0.05) is 5.02 Å². The Balaban J connectivity index is 2.04. The average Bonchev–Trinajstić information content (AvgIpc) is 2.72. The van der Waals surface area contributed by atoms with Crippen LogP contribution in [0.2, 0.25) is 5.02 Å². The molecule has 0 spiro atoms. The summed E-state index contributed by atoms with van der Waals surface area (Å²) in [7, 11) is 1.27. The third-order valence-electron chi connectivity index (χ3n) is 4.06. The highest BCUT2D eigenvalue weighted by Crippen LogP contribution is 2.25. The highest BCUT2D eigenvalue weighted by atomic mass is 35.5. The molecule has 8 heteroatoms. The third kappa shape index (κ3) is 6.50. The molecule has 2 amide bonds. The lowest BCUT2D eigenvalue weighted by atomic mass is 10.0. The molecule has 7 nitrogen and oxygen atoms in total. The molecule has 2 N–H and O–H groups in total. The van der Waals surface area contributed by atoms with Gasteiger partial charge in [0.2, 0.25) is 5.91 Å². The van der Waals surface area contributed by atoms with Crippen molar-refractivity contribution in [2.45, 2.75) is 19.4 Å². The number of halogens is 1. The van der Waals surface area contributed by atoms with Gasteiger partial charge >= 0.3 is 5.97 Å². The number of carbonyl (C=O) groups is 3. The van der Waals surface area contributed by atoms with Gasteiger partial charge in [-0.25, -0.2) is 0 Å². The van der Waals surface area contributed by atoms with Gasteiger partial charge in [-0.2, -0.15) is 0 Å². The molecule has 0 fully saturated rings. The maximum Gasteiger partial charge on any atom is 0.307 e. The molecule has 154 valence electrons. The molecule has 0 bridgehead atoms. The van der Waals surface area contributed by atoms with Crippen molar-refractivity contribution >= 4 is 29.4 Å². The van der Waals surface area contributed by atoms with Gasteiger partial charge in [-0.05, 0) is 30.7 Å². The Bertz CT molecular complexity index is 872. The topological polar surface area (TPSA) is 93.7 Å². The summed E-state index contributed by atoms with van der Waals surface area (Å²) in [5, 5.41) is 5.69. The molecule has 0 heterocycles. The fourth-order valence-corrected chi connectivity index (χ4v) is 2.95. The second-order valence-electron chi connectivity index (χ2n) is 6.03. The van der Waals surface area contributed by atoms with Crippen LogP contribution < -0.4 is 15.4 Å². The standard InChI is InChI=1S/C21H23ClN2O5/c1-3-29-18-11-7-5-9-15(18)21(27)23-13-19(25)24-17(12-20(26)28-2)14-8-4-6-10-16(14)22/h4-11,17H,3,12-13H2,1-2H3,(H,23,27)(H,24,25)/t17-/m0/s1. The van der Waals surface area contributed by atoms with Crippen LogP contribution in [0.3, 0.4) is 0 Å². The monoisotopic (exact) mass is 418 g/mol. The first-order valence-corrected chi connectivity index (χ1v) is 9.44. The molecule has 0 aromatic heterocycles. The van der Waals surface area contributed by atoms with Crippen molar-refractivity contribution in [2.75, 3.05) is 20.3 Å². The van der Waals surface area contributed by atoms with Crippen LogP contribution in [-0.4, -0.2) is 38.0 Å². The molecule has 2 rings (SSSR count). The SMILES string of the molecule is CCOc1ccccc1C(=O)NCC(=O)N[C@@H](CC(=O)OC)c1ccccc1Cl. The maximum atomic E-state index is 12.4. The van der Waals surface area contributed by atoms with E-state index < -0.39 is 23.8 Å². The van der Waals surface area contributed by atoms with Crippen molar-refractivity contribution in [3.05, 3.63) is 64.7 Å². The first-order chi connectivity index (χ1) is 14.0. The van der Waals surface area contributed by atoms with Gasteiger partial charge in [0.15, 0.2) is 0 Å². The van der Waals surface area contributed by atoms with Crippen molar-refractivity contribution < 1.29 is 23.9 Å². The normalized spacial score (nSPS) is 11.3. The van der Waals surface area contributed by atoms with E-state index in [1.165, 1.54) is 7.11 Å². The molecule has 0 radical (unpaired) electrons. The Hall–Kier alpha value is -3.06. The van der Waals surface area contributed by atoms with Gasteiger partial charge in [-0.15, -0.1) is 0 Å². The zero-order valence-electron chi connectivity index (χ0n) is 16.2.